The highest BCUT2D eigenvalue weighted by atomic mass is 35.5. The number of anilines is 1. The molecule has 2 fully saturated rings. The molecule has 2 atom stereocenters. The molecule has 0 saturated heterocycles. The SMILES string of the molecule is C=C/C(=C\C(=C(/C)Cl)S(=O)(=O)C1CC2CCC(C1)C2(O)CN=[N+]=[N-])C(=O)Nc1cc(F)c(F)c(F)c1. The molecule has 0 aliphatic heterocycles. The van der Waals surface area contributed by atoms with Crippen molar-refractivity contribution in [2.24, 2.45) is 17.0 Å². The molecule has 194 valence electrons. The standard InChI is InChI=1S/C23H24ClF3N4O4S/c1-3-13(22(32)30-16-9-18(25)21(27)19(26)10-16)6-20(12(2)24)36(34,35)17-7-14-4-5-15(8-17)23(14,33)11-29-31-28/h3,6,9-10,14-15,17,33H,1,4-5,7-8,11H2,2H3,(H,30,32)/b13-6+,20-12-. The monoisotopic (exact) mass is 544 g/mol. The lowest BCUT2D eigenvalue weighted by atomic mass is 9.74. The van der Waals surface area contributed by atoms with Gasteiger partial charge in [-0.2, -0.15) is 0 Å². The lowest BCUT2D eigenvalue weighted by Gasteiger charge is -2.41. The van der Waals surface area contributed by atoms with Gasteiger partial charge in [0.25, 0.3) is 5.91 Å². The Kier molecular flexibility index (Phi) is 8.24. The smallest absolute Gasteiger partial charge is 0.255 e. The van der Waals surface area contributed by atoms with E-state index < -0.39 is 55.9 Å². The summed E-state index contributed by atoms with van der Waals surface area (Å²) in [4.78, 5) is 15.1. The zero-order valence-corrected chi connectivity index (χ0v) is 20.8. The van der Waals surface area contributed by atoms with E-state index in [0.29, 0.717) is 25.0 Å². The third-order valence-corrected chi connectivity index (χ3v) is 9.47. The van der Waals surface area contributed by atoms with Crippen LogP contribution in [0.25, 0.3) is 10.4 Å². The molecule has 1 amide bonds. The van der Waals surface area contributed by atoms with E-state index in [1.807, 2.05) is 0 Å². The van der Waals surface area contributed by atoms with Crippen molar-refractivity contribution in [3.8, 4) is 0 Å². The summed E-state index contributed by atoms with van der Waals surface area (Å²) in [5, 5.41) is 15.7. The van der Waals surface area contributed by atoms with Crippen LogP contribution in [0.2, 0.25) is 0 Å². The highest BCUT2D eigenvalue weighted by Gasteiger charge is 2.55. The number of rotatable bonds is 8. The predicted molar refractivity (Wildman–Crippen MR) is 129 cm³/mol. The first-order chi connectivity index (χ1) is 16.8. The normalized spacial score (nSPS) is 26.6. The molecule has 1 aromatic carbocycles. The maximum absolute atomic E-state index is 13.6. The van der Waals surface area contributed by atoms with Gasteiger partial charge in [-0.3, -0.25) is 4.79 Å². The second-order valence-corrected chi connectivity index (χ2v) is 11.7. The summed E-state index contributed by atoms with van der Waals surface area (Å²) in [7, 11) is -4.09. The van der Waals surface area contributed by atoms with Crippen molar-refractivity contribution in [3.05, 3.63) is 74.3 Å². The van der Waals surface area contributed by atoms with Crippen molar-refractivity contribution >= 4 is 33.0 Å². The first kappa shape index (κ1) is 27.8. The molecule has 2 saturated carbocycles. The van der Waals surface area contributed by atoms with Crippen LogP contribution in [0.4, 0.5) is 18.9 Å². The van der Waals surface area contributed by atoms with Gasteiger partial charge in [0.05, 0.1) is 22.3 Å². The molecule has 36 heavy (non-hydrogen) atoms. The first-order valence-corrected chi connectivity index (χ1v) is 12.9. The Labute approximate surface area is 211 Å². The van der Waals surface area contributed by atoms with Crippen LogP contribution >= 0.6 is 11.6 Å². The Balaban J connectivity index is 1.88. The lowest BCUT2D eigenvalue weighted by molar-refractivity contribution is -0.112. The molecule has 0 aromatic heterocycles. The minimum Gasteiger partial charge on any atom is -0.389 e. The fraction of sp³-hybridized carbons (Fsp3) is 0.435. The van der Waals surface area contributed by atoms with Gasteiger partial charge in [0.15, 0.2) is 27.3 Å². The van der Waals surface area contributed by atoms with E-state index in [1.54, 1.807) is 0 Å². The minimum atomic E-state index is -4.09. The number of amides is 1. The Bertz CT molecular complexity index is 1270. The third-order valence-electron chi connectivity index (χ3n) is 6.85. The van der Waals surface area contributed by atoms with Crippen molar-refractivity contribution in [2.75, 3.05) is 11.9 Å². The molecule has 0 spiro atoms. The van der Waals surface area contributed by atoms with Crippen LogP contribution in [-0.4, -0.2) is 36.8 Å². The van der Waals surface area contributed by atoms with Crippen LogP contribution < -0.4 is 5.32 Å². The fourth-order valence-corrected chi connectivity index (χ4v) is 7.40. The van der Waals surface area contributed by atoms with E-state index in [-0.39, 0.29) is 40.6 Å². The Morgan fingerprint density at radius 1 is 1.31 bits per heavy atom. The summed E-state index contributed by atoms with van der Waals surface area (Å²) in [6.45, 7) is 4.68. The number of carbonyl (C=O) groups excluding carboxylic acids is 1. The maximum Gasteiger partial charge on any atom is 0.255 e. The molecule has 0 radical (unpaired) electrons. The third kappa shape index (κ3) is 5.31. The van der Waals surface area contributed by atoms with Crippen molar-refractivity contribution in [2.45, 2.75) is 43.5 Å². The van der Waals surface area contributed by atoms with Crippen LogP contribution in [0.3, 0.4) is 0 Å². The predicted octanol–water partition coefficient (Wildman–Crippen LogP) is 5.27. The molecule has 8 nitrogen and oxygen atoms in total. The maximum atomic E-state index is 13.6. The van der Waals surface area contributed by atoms with Gasteiger partial charge in [-0.05, 0) is 56.0 Å². The first-order valence-electron chi connectivity index (χ1n) is 11.0. The van der Waals surface area contributed by atoms with E-state index >= 15 is 0 Å². The van der Waals surface area contributed by atoms with Crippen LogP contribution in [0.1, 0.15) is 32.6 Å². The second kappa shape index (κ2) is 10.7. The fourth-order valence-electron chi connectivity index (χ4n) is 5.01. The second-order valence-electron chi connectivity index (χ2n) is 8.90. The van der Waals surface area contributed by atoms with Gasteiger partial charge < -0.3 is 10.4 Å². The summed E-state index contributed by atoms with van der Waals surface area (Å²) in [6.07, 6.45) is 3.44. The number of nitrogens with zero attached hydrogens (tertiary/aromatic N) is 3. The van der Waals surface area contributed by atoms with Crippen molar-refractivity contribution < 1.29 is 31.5 Å². The van der Waals surface area contributed by atoms with E-state index in [2.05, 4.69) is 21.9 Å². The van der Waals surface area contributed by atoms with Crippen LogP contribution in [0, 0.1) is 29.3 Å². The van der Waals surface area contributed by atoms with E-state index in [4.69, 9.17) is 17.1 Å². The van der Waals surface area contributed by atoms with Gasteiger partial charge in [0.2, 0.25) is 0 Å². The Morgan fingerprint density at radius 2 is 1.86 bits per heavy atom. The summed E-state index contributed by atoms with van der Waals surface area (Å²) >= 11 is 6.13. The quantitative estimate of drug-likeness (QED) is 0.115. The number of hydrogen-bond acceptors (Lipinski definition) is 5. The van der Waals surface area contributed by atoms with E-state index in [9.17, 15) is 31.5 Å². The molecule has 3 rings (SSSR count). The molecule has 2 N–H and O–H groups in total. The number of azide groups is 1. The number of sulfone groups is 1. The average molecular weight is 545 g/mol. The lowest BCUT2D eigenvalue weighted by Crippen LogP contribution is -2.50. The number of nitrogens with one attached hydrogen (secondary N) is 1. The number of carbonyl (C=O) groups is 1. The number of benzene rings is 1. The number of aliphatic hydroxyl groups is 1. The molecule has 13 heteroatoms. The van der Waals surface area contributed by atoms with Crippen molar-refractivity contribution in [1.29, 1.82) is 0 Å². The number of allylic oxidation sites excluding steroid dienone is 2. The largest absolute Gasteiger partial charge is 0.389 e. The highest BCUT2D eigenvalue weighted by Crippen LogP contribution is 2.52. The minimum absolute atomic E-state index is 0.113. The zero-order valence-electron chi connectivity index (χ0n) is 19.2. The van der Waals surface area contributed by atoms with Gasteiger partial charge in [0.1, 0.15) is 0 Å². The topological polar surface area (TPSA) is 132 Å². The molecule has 2 unspecified atom stereocenters. The van der Waals surface area contributed by atoms with Gasteiger partial charge in [-0.25, -0.2) is 21.6 Å². The molecule has 1 aromatic rings. The van der Waals surface area contributed by atoms with Crippen LogP contribution in [0.15, 0.2) is 51.5 Å². The molecule has 0 heterocycles. The highest BCUT2D eigenvalue weighted by molar-refractivity contribution is 7.96. The molecule has 2 aliphatic rings. The van der Waals surface area contributed by atoms with Gasteiger partial charge >= 0.3 is 0 Å². The number of hydrogen-bond donors (Lipinski definition) is 2. The number of halogens is 4. The summed E-state index contributed by atoms with van der Waals surface area (Å²) in [5.74, 6) is -6.47. The van der Waals surface area contributed by atoms with Crippen molar-refractivity contribution in [1.82, 2.24) is 0 Å². The van der Waals surface area contributed by atoms with Gasteiger partial charge in [-0.15, -0.1) is 0 Å². The number of fused-ring (bicyclic) bond motifs is 2. The Morgan fingerprint density at radius 3 is 2.33 bits per heavy atom. The average Bonchev–Trinajstić information content (AvgIpc) is 2.97. The van der Waals surface area contributed by atoms with Gasteiger partial charge in [-0.1, -0.05) is 29.4 Å². The summed E-state index contributed by atoms with van der Waals surface area (Å²) < 4.78 is 67.3. The van der Waals surface area contributed by atoms with Gasteiger partial charge in [0, 0.05) is 33.3 Å². The van der Waals surface area contributed by atoms with E-state index in [1.165, 1.54) is 6.92 Å². The molecule has 2 bridgehead atoms. The Hall–Kier alpha value is -2.79. The summed E-state index contributed by atoms with van der Waals surface area (Å²) in [5.41, 5.74) is 6.70. The van der Waals surface area contributed by atoms with Crippen LogP contribution in [-0.2, 0) is 14.6 Å². The van der Waals surface area contributed by atoms with Crippen molar-refractivity contribution in [3.63, 3.8) is 0 Å². The molecular formula is C23H24ClF3N4O4S. The molecule has 2 aliphatic carbocycles. The molecular weight excluding hydrogens is 521 g/mol. The van der Waals surface area contributed by atoms with Crippen LogP contribution in [0.5, 0.6) is 0 Å². The summed E-state index contributed by atoms with van der Waals surface area (Å²) in [6, 6.07) is 1.15. The van der Waals surface area contributed by atoms with E-state index in [0.717, 1.165) is 12.2 Å². The zero-order chi connectivity index (χ0) is 26.8.